The fourth-order valence-corrected chi connectivity index (χ4v) is 71.1. The van der Waals surface area contributed by atoms with Crippen LogP contribution in [-0.4, -0.2) is 48.4 Å². The van der Waals surface area contributed by atoms with Crippen LogP contribution < -0.4 is 20.7 Å². The van der Waals surface area contributed by atoms with Gasteiger partial charge < -0.3 is 0 Å². The van der Waals surface area contributed by atoms with Crippen molar-refractivity contribution in [1.82, 2.24) is 0 Å². The Morgan fingerprint density at radius 3 is 1.26 bits per heavy atom. The summed E-state index contributed by atoms with van der Waals surface area (Å²) in [6, 6.07) is 50.1. The lowest BCUT2D eigenvalue weighted by Crippen LogP contribution is -2.78. The van der Waals surface area contributed by atoms with Crippen LogP contribution in [-0.2, 0) is 0 Å². The standard InChI is InChI=1S/C44H66Si6/c1-37-34-44(46(5,6)7,50(13,41-30-22-16-23-31-41)42-32-24-17-25-33-42)48(10,11)36-38(37)35-47(8,9)43(45(2,3)4)49(12,39-26-18-14-19-27-39)40-28-20-15-21-29-40/h14-33,43H,34-36H2,1-13H3. The molecule has 0 spiro atoms. The van der Waals surface area contributed by atoms with Gasteiger partial charge in [-0.15, -0.1) is 0 Å². The van der Waals surface area contributed by atoms with E-state index in [0.29, 0.717) is 4.28 Å². The van der Waals surface area contributed by atoms with Crippen LogP contribution in [0.1, 0.15) is 13.3 Å². The van der Waals surface area contributed by atoms with E-state index >= 15 is 0 Å². The fourth-order valence-electron chi connectivity index (χ4n) is 12.4. The van der Waals surface area contributed by atoms with Crippen LogP contribution in [0.4, 0.5) is 0 Å². The van der Waals surface area contributed by atoms with Gasteiger partial charge in [-0.3, -0.25) is 0 Å². The van der Waals surface area contributed by atoms with Crippen molar-refractivity contribution in [2.24, 2.45) is 0 Å². The number of benzene rings is 4. The Morgan fingerprint density at radius 2 is 0.920 bits per heavy atom. The van der Waals surface area contributed by atoms with Crippen LogP contribution in [0.15, 0.2) is 132 Å². The van der Waals surface area contributed by atoms with Gasteiger partial charge in [0.2, 0.25) is 0 Å². The van der Waals surface area contributed by atoms with Gasteiger partial charge in [-0.1, -0.05) is 232 Å². The second-order valence-corrected chi connectivity index (χ2v) is 51.7. The molecule has 0 bridgehead atoms. The minimum Gasteiger partial charge on any atom is -0.0766 e. The summed E-state index contributed by atoms with van der Waals surface area (Å²) in [5.41, 5.74) is 3.65. The Labute approximate surface area is 312 Å². The Hall–Kier alpha value is -2.08. The predicted molar refractivity (Wildman–Crippen MR) is 243 cm³/mol. The third kappa shape index (κ3) is 6.66. The first-order valence-corrected chi connectivity index (χ1v) is 37.8. The predicted octanol–water partition coefficient (Wildman–Crippen LogP) is 10.9. The van der Waals surface area contributed by atoms with Crippen molar-refractivity contribution in [3.63, 3.8) is 0 Å². The molecule has 1 aliphatic rings. The lowest BCUT2D eigenvalue weighted by molar-refractivity contribution is 0.819. The molecule has 5 rings (SSSR count). The summed E-state index contributed by atoms with van der Waals surface area (Å²) >= 11 is 0. The molecule has 4 aromatic carbocycles. The zero-order valence-corrected chi connectivity index (χ0v) is 39.7. The molecule has 2 atom stereocenters. The monoisotopic (exact) mass is 762 g/mol. The minimum absolute atomic E-state index is 0.393. The van der Waals surface area contributed by atoms with Gasteiger partial charge in [0.25, 0.3) is 0 Å². The molecule has 0 amide bonds. The Balaban J connectivity index is 1.69. The molecule has 0 fully saturated rings. The largest absolute Gasteiger partial charge is 0.116 e. The third-order valence-electron chi connectivity index (χ3n) is 13.4. The lowest BCUT2D eigenvalue weighted by Gasteiger charge is -2.65. The van der Waals surface area contributed by atoms with Gasteiger partial charge in [0.15, 0.2) is 0 Å². The average molecular weight is 764 g/mol. The maximum atomic E-state index is 2.84. The van der Waals surface area contributed by atoms with Crippen LogP contribution >= 0.6 is 0 Å². The van der Waals surface area contributed by atoms with Crippen LogP contribution in [0.3, 0.4) is 0 Å². The van der Waals surface area contributed by atoms with Crippen LogP contribution in [0.5, 0.6) is 0 Å². The van der Waals surface area contributed by atoms with Gasteiger partial charge in [-0.05, 0) is 34.5 Å². The van der Waals surface area contributed by atoms with Gasteiger partial charge >= 0.3 is 0 Å². The summed E-state index contributed by atoms with van der Waals surface area (Å²) in [4.78, 5) is 0.814. The second-order valence-electron chi connectivity index (χ2n) is 19.5. The molecule has 266 valence electrons. The summed E-state index contributed by atoms with van der Waals surface area (Å²) in [5.74, 6) is 0. The van der Waals surface area contributed by atoms with Gasteiger partial charge in [0.1, 0.15) is 16.1 Å². The third-order valence-corrected chi connectivity index (χ3v) is 58.6. The normalized spacial score (nSPS) is 19.7. The first-order valence-electron chi connectivity index (χ1n) is 19.1. The van der Waals surface area contributed by atoms with E-state index in [0.717, 1.165) is 4.79 Å². The van der Waals surface area contributed by atoms with Gasteiger partial charge in [0, 0.05) is 24.2 Å². The molecule has 4 aromatic rings. The number of rotatable bonds is 11. The topological polar surface area (TPSA) is 0 Å². The summed E-state index contributed by atoms with van der Waals surface area (Å²) in [6.07, 6.45) is 1.30. The van der Waals surface area contributed by atoms with Gasteiger partial charge in [-0.2, -0.15) is 0 Å². The van der Waals surface area contributed by atoms with Crippen molar-refractivity contribution in [3.8, 4) is 0 Å². The molecule has 0 saturated carbocycles. The van der Waals surface area contributed by atoms with Crippen LogP contribution in [0, 0.1) is 0 Å². The fraction of sp³-hybridized carbons (Fsp3) is 0.409. The van der Waals surface area contributed by atoms with Crippen LogP contribution in [0.2, 0.25) is 99.7 Å². The van der Waals surface area contributed by atoms with Crippen molar-refractivity contribution in [2.75, 3.05) is 0 Å². The van der Waals surface area contributed by atoms with Crippen molar-refractivity contribution in [2.45, 2.75) is 113 Å². The molecule has 1 heterocycles. The molecule has 0 aromatic heterocycles. The van der Waals surface area contributed by atoms with E-state index in [1.807, 2.05) is 5.57 Å². The van der Waals surface area contributed by atoms with E-state index < -0.39 is 48.4 Å². The molecule has 6 heteroatoms. The molecule has 0 saturated heterocycles. The summed E-state index contributed by atoms with van der Waals surface area (Å²) < 4.78 is 0.393. The van der Waals surface area contributed by atoms with Gasteiger partial charge in [0.05, 0.1) is 8.07 Å². The van der Waals surface area contributed by atoms with Gasteiger partial charge in [-0.25, -0.2) is 0 Å². The molecular weight excluding hydrogens is 697 g/mol. The zero-order chi connectivity index (χ0) is 36.8. The van der Waals surface area contributed by atoms with E-state index in [1.54, 1.807) is 26.3 Å². The molecule has 0 N–H and O–H groups in total. The van der Waals surface area contributed by atoms with Crippen molar-refractivity contribution in [1.29, 1.82) is 0 Å². The lowest BCUT2D eigenvalue weighted by atomic mass is 10.1. The summed E-state index contributed by atoms with van der Waals surface area (Å²) in [6.45, 7) is 35.8. The molecular formula is C44H66Si6. The first kappa shape index (κ1) is 39.1. The first-order chi connectivity index (χ1) is 23.2. The number of allylic oxidation sites excluding steroid dienone is 2. The van der Waals surface area contributed by atoms with Crippen molar-refractivity contribution in [3.05, 3.63) is 132 Å². The minimum atomic E-state index is -2.21. The van der Waals surface area contributed by atoms with Crippen LogP contribution in [0.25, 0.3) is 0 Å². The maximum Gasteiger partial charge on any atom is 0.116 e. The van der Waals surface area contributed by atoms with Crippen molar-refractivity contribution >= 4 is 69.2 Å². The molecule has 1 aliphatic heterocycles. The average Bonchev–Trinajstić information content (AvgIpc) is 3.05. The number of hydrogen-bond donors (Lipinski definition) is 0. The Kier molecular flexibility index (Phi) is 11.0. The van der Waals surface area contributed by atoms with E-state index in [-0.39, 0.29) is 0 Å². The highest BCUT2D eigenvalue weighted by molar-refractivity contribution is 7.24. The van der Waals surface area contributed by atoms with E-state index in [9.17, 15) is 0 Å². The molecule has 2 unspecified atom stereocenters. The molecule has 0 aliphatic carbocycles. The maximum absolute atomic E-state index is 2.84. The zero-order valence-electron chi connectivity index (χ0n) is 33.7. The Morgan fingerprint density at radius 1 is 0.560 bits per heavy atom. The van der Waals surface area contributed by atoms with E-state index in [4.69, 9.17) is 0 Å². The van der Waals surface area contributed by atoms with Crippen molar-refractivity contribution < 1.29 is 0 Å². The highest BCUT2D eigenvalue weighted by atomic mass is 28.5. The molecule has 0 nitrogen and oxygen atoms in total. The highest BCUT2D eigenvalue weighted by Gasteiger charge is 2.67. The highest BCUT2D eigenvalue weighted by Crippen LogP contribution is 2.62. The van der Waals surface area contributed by atoms with E-state index in [1.165, 1.54) is 18.5 Å². The SMILES string of the molecule is CC1=C(C[Si](C)(C)C([Si](C)(C)C)[Si](C)(c2ccccc2)c2ccccc2)C[Si](C)(C)C([Si](C)(C)C)([Si](C)(c2ccccc2)c2ccccc2)C1. The van der Waals surface area contributed by atoms with E-state index in [2.05, 4.69) is 207 Å². The smallest absolute Gasteiger partial charge is 0.0766 e. The Bertz CT molecular complexity index is 1690. The number of hydrogen-bond acceptors (Lipinski definition) is 0. The quantitative estimate of drug-likeness (QED) is 0.105. The summed E-state index contributed by atoms with van der Waals surface area (Å²) in [5, 5.41) is 6.56. The summed E-state index contributed by atoms with van der Waals surface area (Å²) in [7, 11) is -11.3. The molecule has 50 heavy (non-hydrogen) atoms. The molecule has 0 radical (unpaired) electrons. The second kappa shape index (κ2) is 14.0.